The Labute approximate surface area is 157 Å². The number of hydrogen-bond acceptors (Lipinski definition) is 8. The van der Waals surface area contributed by atoms with E-state index < -0.39 is 11.9 Å². The Balaban J connectivity index is 2.53. The Bertz CT molecular complexity index is 822. The summed E-state index contributed by atoms with van der Waals surface area (Å²) in [5, 5.41) is 9.60. The van der Waals surface area contributed by atoms with Gasteiger partial charge in [0.15, 0.2) is 11.5 Å². The fourth-order valence-corrected chi connectivity index (χ4v) is 2.81. The summed E-state index contributed by atoms with van der Waals surface area (Å²) in [5.74, 6) is -0.157. The Morgan fingerprint density at radius 3 is 2.52 bits per heavy atom. The van der Waals surface area contributed by atoms with Gasteiger partial charge in [0.1, 0.15) is 24.0 Å². The van der Waals surface area contributed by atoms with E-state index >= 15 is 0 Å². The lowest BCUT2D eigenvalue weighted by Crippen LogP contribution is -2.26. The first-order chi connectivity index (χ1) is 13.0. The number of carbonyl (C=O) groups excluding carboxylic acids is 1. The molecule has 0 unspecified atom stereocenters. The molecule has 2 rings (SSSR count). The predicted molar refractivity (Wildman–Crippen MR) is 95.7 cm³/mol. The molecular weight excluding hydrogens is 352 g/mol. The van der Waals surface area contributed by atoms with E-state index in [9.17, 15) is 10.1 Å². The molecule has 0 amide bonds. The van der Waals surface area contributed by atoms with E-state index in [0.29, 0.717) is 17.1 Å². The minimum Gasteiger partial charge on any atom is -0.493 e. The number of carbonyl (C=O) groups is 1. The zero-order valence-corrected chi connectivity index (χ0v) is 15.7. The van der Waals surface area contributed by atoms with Gasteiger partial charge >= 0.3 is 5.97 Å². The number of methoxy groups -OCH3 is 3. The molecule has 1 aliphatic rings. The molecule has 144 valence electrons. The minimum absolute atomic E-state index is 0.0526. The first-order valence-corrected chi connectivity index (χ1v) is 8.14. The number of allylic oxidation sites excluding steroid dienone is 2. The topological polar surface area (TPSA) is 113 Å². The van der Waals surface area contributed by atoms with Crippen molar-refractivity contribution in [2.24, 2.45) is 5.73 Å². The molecule has 0 aliphatic carbocycles. The van der Waals surface area contributed by atoms with Crippen molar-refractivity contribution in [1.82, 2.24) is 0 Å². The summed E-state index contributed by atoms with van der Waals surface area (Å²) < 4.78 is 26.1. The van der Waals surface area contributed by atoms with E-state index in [0.717, 1.165) is 0 Å². The first-order valence-electron chi connectivity index (χ1n) is 8.14. The summed E-state index contributed by atoms with van der Waals surface area (Å²) in [6.45, 7) is 1.93. The third-order valence-electron chi connectivity index (χ3n) is 4.09. The van der Waals surface area contributed by atoms with Crippen LogP contribution in [0.3, 0.4) is 0 Å². The Hall–Kier alpha value is -3.18. The molecule has 0 fully saturated rings. The summed E-state index contributed by atoms with van der Waals surface area (Å²) in [6, 6.07) is 7.15. The number of benzene rings is 1. The van der Waals surface area contributed by atoms with Crippen LogP contribution >= 0.6 is 0 Å². The lowest BCUT2D eigenvalue weighted by atomic mass is 9.83. The third kappa shape index (κ3) is 4.15. The molecule has 1 aromatic rings. The Morgan fingerprint density at radius 2 is 1.93 bits per heavy atom. The summed E-state index contributed by atoms with van der Waals surface area (Å²) in [7, 11) is 4.53. The number of nitriles is 1. The highest BCUT2D eigenvalue weighted by molar-refractivity contribution is 5.92. The molecule has 0 saturated heterocycles. The standard InChI is InChI=1S/C19H22N2O6/c1-11-16(19(22)26-8-7-23-2)17(13(10-20)18(21)27-11)12-5-6-14(24-3)15(9-12)25-4/h5-6,9,17H,7-8,21H2,1-4H3/t17-/m0/s1. The second-order valence-electron chi connectivity index (χ2n) is 5.64. The van der Waals surface area contributed by atoms with Gasteiger partial charge in [-0.3, -0.25) is 0 Å². The van der Waals surface area contributed by atoms with Crippen LogP contribution in [-0.2, 0) is 19.0 Å². The zero-order chi connectivity index (χ0) is 20.0. The fourth-order valence-electron chi connectivity index (χ4n) is 2.81. The second kappa shape index (κ2) is 8.96. The smallest absolute Gasteiger partial charge is 0.338 e. The van der Waals surface area contributed by atoms with Crippen molar-refractivity contribution in [2.75, 3.05) is 34.5 Å². The monoisotopic (exact) mass is 374 g/mol. The summed E-state index contributed by atoms with van der Waals surface area (Å²) in [5.41, 5.74) is 6.83. The van der Waals surface area contributed by atoms with Crippen LogP contribution in [0.4, 0.5) is 0 Å². The van der Waals surface area contributed by atoms with Gasteiger partial charge in [0, 0.05) is 7.11 Å². The van der Waals surface area contributed by atoms with Gasteiger partial charge in [-0.1, -0.05) is 6.07 Å². The van der Waals surface area contributed by atoms with Crippen LogP contribution in [0.2, 0.25) is 0 Å². The van der Waals surface area contributed by atoms with Gasteiger partial charge in [-0.2, -0.15) is 5.26 Å². The Morgan fingerprint density at radius 1 is 1.22 bits per heavy atom. The number of hydrogen-bond donors (Lipinski definition) is 1. The van der Waals surface area contributed by atoms with E-state index in [1.54, 1.807) is 25.1 Å². The zero-order valence-electron chi connectivity index (χ0n) is 15.7. The van der Waals surface area contributed by atoms with Gasteiger partial charge in [-0.15, -0.1) is 0 Å². The van der Waals surface area contributed by atoms with Gasteiger partial charge < -0.3 is 29.4 Å². The van der Waals surface area contributed by atoms with Crippen molar-refractivity contribution in [3.8, 4) is 17.6 Å². The average molecular weight is 374 g/mol. The van der Waals surface area contributed by atoms with E-state index in [1.807, 2.05) is 6.07 Å². The number of esters is 1. The maximum atomic E-state index is 12.7. The largest absolute Gasteiger partial charge is 0.493 e. The number of nitrogens with zero attached hydrogens (tertiary/aromatic N) is 1. The van der Waals surface area contributed by atoms with Crippen molar-refractivity contribution < 1.29 is 28.5 Å². The minimum atomic E-state index is -0.751. The molecule has 0 bridgehead atoms. The third-order valence-corrected chi connectivity index (χ3v) is 4.09. The van der Waals surface area contributed by atoms with Crippen molar-refractivity contribution in [2.45, 2.75) is 12.8 Å². The summed E-state index contributed by atoms with van der Waals surface area (Å²) >= 11 is 0. The SMILES string of the molecule is COCCOC(=O)C1=C(C)OC(N)=C(C#N)[C@@H]1c1ccc(OC)c(OC)c1. The highest BCUT2D eigenvalue weighted by Crippen LogP contribution is 2.42. The normalized spacial score (nSPS) is 16.5. The van der Waals surface area contributed by atoms with Crippen molar-refractivity contribution in [3.05, 3.63) is 46.6 Å². The van der Waals surface area contributed by atoms with Gasteiger partial charge in [-0.05, 0) is 24.6 Å². The summed E-state index contributed by atoms with van der Waals surface area (Å²) in [6.07, 6.45) is 0. The van der Waals surface area contributed by atoms with Gasteiger partial charge in [0.25, 0.3) is 0 Å². The molecule has 1 aromatic carbocycles. The number of nitrogens with two attached hydrogens (primary N) is 1. The van der Waals surface area contributed by atoms with Crippen LogP contribution in [0.15, 0.2) is 41.0 Å². The fraction of sp³-hybridized carbons (Fsp3) is 0.368. The van der Waals surface area contributed by atoms with Crippen LogP contribution < -0.4 is 15.2 Å². The molecule has 1 atom stereocenters. The maximum absolute atomic E-state index is 12.7. The molecule has 8 heteroatoms. The lowest BCUT2D eigenvalue weighted by Gasteiger charge is -2.27. The van der Waals surface area contributed by atoms with Crippen molar-refractivity contribution >= 4 is 5.97 Å². The van der Waals surface area contributed by atoms with E-state index in [2.05, 4.69) is 0 Å². The van der Waals surface area contributed by atoms with Gasteiger partial charge in [-0.25, -0.2) is 4.79 Å². The van der Waals surface area contributed by atoms with Crippen LogP contribution in [0.5, 0.6) is 11.5 Å². The predicted octanol–water partition coefficient (Wildman–Crippen LogP) is 1.98. The van der Waals surface area contributed by atoms with Gasteiger partial charge in [0.2, 0.25) is 5.88 Å². The van der Waals surface area contributed by atoms with E-state index in [4.69, 9.17) is 29.4 Å². The van der Waals surface area contributed by atoms with E-state index in [-0.39, 0.29) is 36.0 Å². The maximum Gasteiger partial charge on any atom is 0.338 e. The number of rotatable bonds is 7. The van der Waals surface area contributed by atoms with Crippen molar-refractivity contribution in [3.63, 3.8) is 0 Å². The van der Waals surface area contributed by atoms with Crippen molar-refractivity contribution in [1.29, 1.82) is 5.26 Å². The lowest BCUT2D eigenvalue weighted by molar-refractivity contribution is -0.140. The average Bonchev–Trinajstić information content (AvgIpc) is 2.66. The molecule has 27 heavy (non-hydrogen) atoms. The molecule has 0 spiro atoms. The van der Waals surface area contributed by atoms with Crippen LogP contribution in [0.25, 0.3) is 0 Å². The molecule has 2 N–H and O–H groups in total. The molecular formula is C19H22N2O6. The molecule has 1 aliphatic heterocycles. The second-order valence-corrected chi connectivity index (χ2v) is 5.64. The molecule has 1 heterocycles. The summed E-state index contributed by atoms with van der Waals surface area (Å²) in [4.78, 5) is 12.7. The van der Waals surface area contributed by atoms with Gasteiger partial charge in [0.05, 0.1) is 32.3 Å². The first kappa shape index (κ1) is 20.1. The Kier molecular flexibility index (Phi) is 6.68. The number of ether oxygens (including phenoxy) is 5. The van der Waals surface area contributed by atoms with E-state index in [1.165, 1.54) is 21.3 Å². The quantitative estimate of drug-likeness (QED) is 0.569. The highest BCUT2D eigenvalue weighted by Gasteiger charge is 2.36. The van der Waals surface area contributed by atoms with Crippen LogP contribution in [0, 0.1) is 11.3 Å². The molecule has 0 aromatic heterocycles. The molecule has 8 nitrogen and oxygen atoms in total. The highest BCUT2D eigenvalue weighted by atomic mass is 16.6. The molecule has 0 saturated carbocycles. The molecule has 0 radical (unpaired) electrons. The van der Waals surface area contributed by atoms with Crippen LogP contribution in [0.1, 0.15) is 18.4 Å². The van der Waals surface area contributed by atoms with Crippen LogP contribution in [-0.4, -0.2) is 40.5 Å².